The molecule has 0 unspecified atom stereocenters. The van der Waals surface area contributed by atoms with Crippen molar-refractivity contribution >= 4 is 27.8 Å². The number of aliphatic hydroxyl groups is 2. The Labute approximate surface area is 115 Å². The molecule has 3 nitrogen and oxygen atoms in total. The highest BCUT2D eigenvalue weighted by molar-refractivity contribution is 6.07. The van der Waals surface area contributed by atoms with Gasteiger partial charge in [-0.25, -0.2) is 0 Å². The average molecular weight is 263 g/mol. The predicted octanol–water partition coefficient (Wildman–Crippen LogP) is 2.81. The van der Waals surface area contributed by atoms with Crippen molar-refractivity contribution in [2.45, 2.75) is 12.2 Å². The second-order valence-electron chi connectivity index (χ2n) is 5.10. The van der Waals surface area contributed by atoms with Crippen molar-refractivity contribution in [1.29, 1.82) is 0 Å². The summed E-state index contributed by atoms with van der Waals surface area (Å²) in [5, 5.41) is 23.2. The van der Waals surface area contributed by atoms with Crippen molar-refractivity contribution < 1.29 is 10.2 Å². The number of aromatic nitrogens is 1. The van der Waals surface area contributed by atoms with Crippen LogP contribution in [0.1, 0.15) is 17.2 Å². The van der Waals surface area contributed by atoms with Gasteiger partial charge in [0.25, 0.3) is 0 Å². The summed E-state index contributed by atoms with van der Waals surface area (Å²) in [7, 11) is 0. The molecule has 1 heterocycles. The minimum atomic E-state index is -0.901. The largest absolute Gasteiger partial charge is 0.386 e. The maximum atomic E-state index is 10.3. The summed E-state index contributed by atoms with van der Waals surface area (Å²) in [6.45, 7) is 0. The summed E-state index contributed by atoms with van der Waals surface area (Å²) in [4.78, 5) is 4.54. The third-order valence-corrected chi connectivity index (χ3v) is 3.93. The second-order valence-corrected chi connectivity index (χ2v) is 5.10. The van der Waals surface area contributed by atoms with Crippen molar-refractivity contribution in [3.8, 4) is 0 Å². The molecule has 2 N–H and O–H groups in total. The fourth-order valence-corrected chi connectivity index (χ4v) is 2.91. The van der Waals surface area contributed by atoms with Gasteiger partial charge in [0.1, 0.15) is 12.2 Å². The van der Waals surface area contributed by atoms with Crippen molar-refractivity contribution in [2.24, 2.45) is 0 Å². The molecule has 0 saturated heterocycles. The molecule has 98 valence electrons. The maximum Gasteiger partial charge on any atom is 0.110 e. The van der Waals surface area contributed by atoms with Gasteiger partial charge in [-0.2, -0.15) is 0 Å². The van der Waals surface area contributed by atoms with Crippen LogP contribution in [0.25, 0.3) is 27.8 Å². The molecule has 0 spiro atoms. The van der Waals surface area contributed by atoms with Crippen LogP contribution in [0.4, 0.5) is 0 Å². The normalized spacial score (nSPS) is 21.3. The third-order valence-electron chi connectivity index (χ3n) is 3.93. The van der Waals surface area contributed by atoms with Crippen molar-refractivity contribution in [3.05, 3.63) is 59.8 Å². The number of nitrogens with zero attached hydrogens (tertiary/aromatic N) is 1. The molecular weight excluding hydrogens is 250 g/mol. The lowest BCUT2D eigenvalue weighted by molar-refractivity contribution is 0.0480. The molecule has 3 aromatic rings. The standard InChI is InChI=1S/C17H13NO2/c19-14-8-6-11-9-18-16-12-4-2-1-3-10(12)5-7-13(16)15(11)17(14)20/h1-9,14,17,19-20H/t14-,17-/m0/s1. The lowest BCUT2D eigenvalue weighted by Crippen LogP contribution is -2.20. The predicted molar refractivity (Wildman–Crippen MR) is 79.2 cm³/mol. The first-order valence-corrected chi connectivity index (χ1v) is 6.60. The van der Waals surface area contributed by atoms with Crippen LogP contribution in [0, 0.1) is 0 Å². The molecule has 0 amide bonds. The molecule has 3 heteroatoms. The molecule has 1 aromatic heterocycles. The average Bonchev–Trinajstić information content (AvgIpc) is 2.50. The Morgan fingerprint density at radius 2 is 1.80 bits per heavy atom. The first kappa shape index (κ1) is 11.6. The van der Waals surface area contributed by atoms with Gasteiger partial charge in [-0.1, -0.05) is 48.6 Å². The minimum Gasteiger partial charge on any atom is -0.386 e. The first-order chi connectivity index (χ1) is 9.75. The molecule has 1 aliphatic rings. The molecule has 2 atom stereocenters. The highest BCUT2D eigenvalue weighted by Gasteiger charge is 2.25. The molecule has 2 aromatic carbocycles. The summed E-state index contributed by atoms with van der Waals surface area (Å²) in [6.07, 6.45) is 3.41. The molecule has 0 bridgehead atoms. The van der Waals surface area contributed by atoms with E-state index < -0.39 is 12.2 Å². The Bertz CT molecular complexity index is 854. The van der Waals surface area contributed by atoms with Crippen LogP contribution < -0.4 is 0 Å². The number of rotatable bonds is 0. The van der Waals surface area contributed by atoms with Gasteiger partial charge in [0.05, 0.1) is 5.52 Å². The topological polar surface area (TPSA) is 53.4 Å². The Morgan fingerprint density at radius 3 is 2.70 bits per heavy atom. The summed E-state index contributed by atoms with van der Waals surface area (Å²) in [6, 6.07) is 12.0. The Balaban J connectivity index is 2.15. The first-order valence-electron chi connectivity index (χ1n) is 6.60. The van der Waals surface area contributed by atoms with E-state index in [1.54, 1.807) is 12.3 Å². The summed E-state index contributed by atoms with van der Waals surface area (Å²) in [5.41, 5.74) is 2.49. The van der Waals surface area contributed by atoms with Crippen molar-refractivity contribution in [1.82, 2.24) is 4.98 Å². The van der Waals surface area contributed by atoms with Gasteiger partial charge in [0.15, 0.2) is 0 Å². The van der Waals surface area contributed by atoms with E-state index >= 15 is 0 Å². The van der Waals surface area contributed by atoms with Gasteiger partial charge in [0.2, 0.25) is 0 Å². The zero-order chi connectivity index (χ0) is 13.7. The zero-order valence-electron chi connectivity index (χ0n) is 10.7. The summed E-state index contributed by atoms with van der Waals surface area (Å²) >= 11 is 0. The highest BCUT2D eigenvalue weighted by Crippen LogP contribution is 2.35. The van der Waals surface area contributed by atoms with Crippen LogP contribution in [-0.2, 0) is 0 Å². The van der Waals surface area contributed by atoms with E-state index in [1.807, 2.05) is 42.5 Å². The smallest absolute Gasteiger partial charge is 0.110 e. The van der Waals surface area contributed by atoms with Gasteiger partial charge in [0, 0.05) is 22.5 Å². The van der Waals surface area contributed by atoms with E-state index in [4.69, 9.17) is 0 Å². The summed E-state index contributed by atoms with van der Waals surface area (Å²) in [5.74, 6) is 0. The number of fused-ring (bicyclic) bond motifs is 5. The van der Waals surface area contributed by atoms with E-state index in [1.165, 1.54) is 0 Å². The van der Waals surface area contributed by atoms with E-state index in [2.05, 4.69) is 4.98 Å². The van der Waals surface area contributed by atoms with Gasteiger partial charge >= 0.3 is 0 Å². The number of hydrogen-bond donors (Lipinski definition) is 2. The Morgan fingerprint density at radius 1 is 0.950 bits per heavy atom. The van der Waals surface area contributed by atoms with Crippen LogP contribution in [0.3, 0.4) is 0 Å². The molecule has 0 radical (unpaired) electrons. The van der Waals surface area contributed by atoms with E-state index in [9.17, 15) is 10.2 Å². The van der Waals surface area contributed by atoms with Gasteiger partial charge in [-0.15, -0.1) is 0 Å². The molecule has 4 rings (SSSR count). The molecule has 1 aliphatic carbocycles. The Hall–Kier alpha value is -2.23. The molecule has 0 fully saturated rings. The van der Waals surface area contributed by atoms with Crippen LogP contribution in [0.5, 0.6) is 0 Å². The number of aliphatic hydroxyl groups excluding tert-OH is 2. The quantitative estimate of drug-likeness (QED) is 0.613. The molecular formula is C17H13NO2. The molecule has 0 aliphatic heterocycles. The highest BCUT2D eigenvalue weighted by atomic mass is 16.3. The fourth-order valence-electron chi connectivity index (χ4n) is 2.91. The lowest BCUT2D eigenvalue weighted by Gasteiger charge is -2.23. The molecule has 20 heavy (non-hydrogen) atoms. The zero-order valence-corrected chi connectivity index (χ0v) is 10.7. The minimum absolute atomic E-state index is 0.760. The van der Waals surface area contributed by atoms with E-state index in [-0.39, 0.29) is 0 Å². The second kappa shape index (κ2) is 4.13. The van der Waals surface area contributed by atoms with Crippen molar-refractivity contribution in [3.63, 3.8) is 0 Å². The SMILES string of the molecule is O[C@@H]1c2c(cnc3c2ccc2ccccc23)C=C[C@@H]1O. The van der Waals surface area contributed by atoms with Crippen LogP contribution in [0.15, 0.2) is 48.7 Å². The maximum absolute atomic E-state index is 10.3. The molecule has 0 saturated carbocycles. The van der Waals surface area contributed by atoms with Crippen LogP contribution in [-0.4, -0.2) is 21.3 Å². The van der Waals surface area contributed by atoms with Gasteiger partial charge < -0.3 is 10.2 Å². The monoisotopic (exact) mass is 263 g/mol. The summed E-state index contributed by atoms with van der Waals surface area (Å²) < 4.78 is 0. The van der Waals surface area contributed by atoms with Gasteiger partial charge in [-0.3, -0.25) is 4.98 Å². The van der Waals surface area contributed by atoms with Gasteiger partial charge in [-0.05, 0) is 10.9 Å². The van der Waals surface area contributed by atoms with E-state index in [0.29, 0.717) is 0 Å². The van der Waals surface area contributed by atoms with E-state index in [0.717, 1.165) is 32.8 Å². The lowest BCUT2D eigenvalue weighted by atomic mass is 9.90. The number of pyridine rings is 1. The van der Waals surface area contributed by atoms with Crippen LogP contribution >= 0.6 is 0 Å². The number of benzene rings is 2. The Kier molecular flexibility index (Phi) is 2.39. The number of hydrogen-bond acceptors (Lipinski definition) is 3. The van der Waals surface area contributed by atoms with Crippen molar-refractivity contribution in [2.75, 3.05) is 0 Å². The fraction of sp³-hybridized carbons (Fsp3) is 0.118. The van der Waals surface area contributed by atoms with Crippen LogP contribution in [0.2, 0.25) is 0 Å². The third kappa shape index (κ3) is 1.51.